The Morgan fingerprint density at radius 2 is 1.90 bits per heavy atom. The number of carbonyl (C=O) groups is 2. The van der Waals surface area contributed by atoms with E-state index in [0.29, 0.717) is 25.8 Å². The van der Waals surface area contributed by atoms with E-state index in [0.717, 1.165) is 49.8 Å². The number of fused-ring (bicyclic) bond motifs is 1. The van der Waals surface area contributed by atoms with Crippen molar-refractivity contribution in [1.82, 2.24) is 9.88 Å². The topological polar surface area (TPSA) is 101 Å². The van der Waals surface area contributed by atoms with Gasteiger partial charge in [-0.1, -0.05) is 26.7 Å². The monoisotopic (exact) mass is 415 g/mol. The predicted molar refractivity (Wildman–Crippen MR) is 114 cm³/mol. The van der Waals surface area contributed by atoms with Crippen LogP contribution in [0.2, 0.25) is 0 Å². The summed E-state index contributed by atoms with van der Waals surface area (Å²) in [5.74, 6) is -1.24. The lowest BCUT2D eigenvalue weighted by Gasteiger charge is -2.23. The number of aromatic nitrogens is 1. The Labute approximate surface area is 178 Å². The van der Waals surface area contributed by atoms with E-state index in [2.05, 4.69) is 11.4 Å². The van der Waals surface area contributed by atoms with Gasteiger partial charge in [0.05, 0.1) is 13.2 Å². The largest absolute Gasteiger partial charge is 0.467 e. The molecule has 0 aromatic carbocycles. The lowest BCUT2D eigenvalue weighted by Crippen LogP contribution is -2.47. The van der Waals surface area contributed by atoms with Crippen LogP contribution >= 0.6 is 0 Å². The Morgan fingerprint density at radius 1 is 1.20 bits per heavy atom. The summed E-state index contributed by atoms with van der Waals surface area (Å²) in [7, 11) is 1.28. The minimum absolute atomic E-state index is 0.0733. The Balaban J connectivity index is 2.41. The van der Waals surface area contributed by atoms with Gasteiger partial charge in [-0.2, -0.15) is 5.26 Å². The first kappa shape index (κ1) is 23.7. The number of nitrogens with one attached hydrogen (secondary N) is 1. The SMILES string of the molecule is COC(=O)C(NC(=O)c1cc2c(n(CCCCC#N)c1=O)CCCCCC2)C(C)C. The van der Waals surface area contributed by atoms with Crippen molar-refractivity contribution in [1.29, 1.82) is 5.26 Å². The second-order valence-corrected chi connectivity index (χ2v) is 8.23. The van der Waals surface area contributed by atoms with Crippen LogP contribution < -0.4 is 10.9 Å². The smallest absolute Gasteiger partial charge is 0.328 e. The number of hydrogen-bond acceptors (Lipinski definition) is 5. The van der Waals surface area contributed by atoms with Crippen LogP contribution in [-0.4, -0.2) is 29.6 Å². The minimum Gasteiger partial charge on any atom is -0.467 e. The maximum atomic E-state index is 13.3. The molecule has 30 heavy (non-hydrogen) atoms. The zero-order chi connectivity index (χ0) is 22.1. The summed E-state index contributed by atoms with van der Waals surface area (Å²) in [5, 5.41) is 11.5. The fourth-order valence-electron chi connectivity index (χ4n) is 3.95. The highest BCUT2D eigenvalue weighted by Gasteiger charge is 2.27. The molecule has 164 valence electrons. The van der Waals surface area contributed by atoms with E-state index >= 15 is 0 Å². The van der Waals surface area contributed by atoms with Crippen LogP contribution in [0.1, 0.15) is 80.4 Å². The van der Waals surface area contributed by atoms with Crippen LogP contribution in [0.5, 0.6) is 0 Å². The average molecular weight is 416 g/mol. The molecule has 1 aromatic heterocycles. The average Bonchev–Trinajstić information content (AvgIpc) is 2.70. The van der Waals surface area contributed by atoms with E-state index in [1.54, 1.807) is 10.6 Å². The second kappa shape index (κ2) is 11.5. The maximum Gasteiger partial charge on any atom is 0.328 e. The van der Waals surface area contributed by atoms with Crippen LogP contribution in [-0.2, 0) is 28.9 Å². The molecule has 1 aliphatic carbocycles. The first-order valence-corrected chi connectivity index (χ1v) is 10.9. The van der Waals surface area contributed by atoms with Crippen LogP contribution in [0.3, 0.4) is 0 Å². The van der Waals surface area contributed by atoms with Crippen LogP contribution in [0.4, 0.5) is 0 Å². The van der Waals surface area contributed by atoms with Gasteiger partial charge in [-0.25, -0.2) is 4.79 Å². The second-order valence-electron chi connectivity index (χ2n) is 8.23. The summed E-state index contributed by atoms with van der Waals surface area (Å²) < 4.78 is 6.53. The van der Waals surface area contributed by atoms with Gasteiger partial charge in [0.25, 0.3) is 11.5 Å². The Hall–Kier alpha value is -2.62. The number of ether oxygens (including phenoxy) is 1. The van der Waals surface area contributed by atoms with E-state index in [9.17, 15) is 14.4 Å². The molecule has 0 aliphatic heterocycles. The molecule has 0 spiro atoms. The van der Waals surface area contributed by atoms with Gasteiger partial charge in [-0.3, -0.25) is 9.59 Å². The summed E-state index contributed by atoms with van der Waals surface area (Å²) in [6.45, 7) is 4.13. The Kier molecular flexibility index (Phi) is 9.10. The van der Waals surface area contributed by atoms with Crippen molar-refractivity contribution in [2.75, 3.05) is 7.11 Å². The third-order valence-electron chi connectivity index (χ3n) is 5.67. The van der Waals surface area contributed by atoms with Crippen molar-refractivity contribution in [3.8, 4) is 6.07 Å². The lowest BCUT2D eigenvalue weighted by molar-refractivity contribution is -0.144. The Morgan fingerprint density at radius 3 is 2.53 bits per heavy atom. The first-order chi connectivity index (χ1) is 14.4. The summed E-state index contributed by atoms with van der Waals surface area (Å²) in [5.41, 5.74) is 1.81. The molecule has 0 saturated carbocycles. The van der Waals surface area contributed by atoms with Gasteiger partial charge in [0, 0.05) is 18.7 Å². The fourth-order valence-corrected chi connectivity index (χ4v) is 3.95. The van der Waals surface area contributed by atoms with Crippen LogP contribution in [0.15, 0.2) is 10.9 Å². The zero-order valence-electron chi connectivity index (χ0n) is 18.3. The molecule has 0 saturated heterocycles. The summed E-state index contributed by atoms with van der Waals surface area (Å²) in [4.78, 5) is 38.3. The fraction of sp³-hybridized carbons (Fsp3) is 0.652. The van der Waals surface area contributed by atoms with Crippen molar-refractivity contribution in [2.45, 2.75) is 84.2 Å². The standard InChI is InChI=1S/C23H33N3O4/c1-16(2)20(23(29)30-3)25-21(27)18-15-17-11-7-4-5-8-12-19(17)26(22(18)28)14-10-6-9-13-24/h15-16,20H,4-12,14H2,1-3H3,(H,25,27). The minimum atomic E-state index is -0.812. The van der Waals surface area contributed by atoms with Crippen molar-refractivity contribution in [3.05, 3.63) is 33.2 Å². The number of esters is 1. The molecule has 7 heteroatoms. The predicted octanol–water partition coefficient (Wildman–Crippen LogP) is 3.13. The molecule has 1 aliphatic rings. The molecule has 0 bridgehead atoms. The van der Waals surface area contributed by atoms with E-state index in [1.165, 1.54) is 7.11 Å². The van der Waals surface area contributed by atoms with Gasteiger partial charge < -0.3 is 14.6 Å². The van der Waals surface area contributed by atoms with Gasteiger partial charge in [0.2, 0.25) is 0 Å². The van der Waals surface area contributed by atoms with E-state index in [1.807, 2.05) is 13.8 Å². The molecular formula is C23H33N3O4. The number of rotatable bonds is 8. The number of aryl methyl sites for hydroxylation is 1. The molecule has 2 rings (SSSR count). The molecule has 0 fully saturated rings. The van der Waals surface area contributed by atoms with Gasteiger partial charge in [-0.15, -0.1) is 0 Å². The zero-order valence-corrected chi connectivity index (χ0v) is 18.3. The third-order valence-corrected chi connectivity index (χ3v) is 5.67. The number of amides is 1. The van der Waals surface area contributed by atoms with Crippen LogP contribution in [0.25, 0.3) is 0 Å². The number of carbonyl (C=O) groups excluding carboxylic acids is 2. The third kappa shape index (κ3) is 5.94. The molecule has 0 radical (unpaired) electrons. The first-order valence-electron chi connectivity index (χ1n) is 10.9. The van der Waals surface area contributed by atoms with Gasteiger partial charge in [-0.05, 0) is 56.1 Å². The van der Waals surface area contributed by atoms with Gasteiger partial charge in [0.15, 0.2) is 0 Å². The lowest BCUT2D eigenvalue weighted by atomic mass is 9.95. The molecular weight excluding hydrogens is 382 g/mol. The normalized spacial score (nSPS) is 14.8. The molecule has 1 unspecified atom stereocenters. The number of unbranched alkanes of at least 4 members (excludes halogenated alkanes) is 2. The summed E-state index contributed by atoms with van der Waals surface area (Å²) >= 11 is 0. The number of nitrogens with zero attached hydrogens (tertiary/aromatic N) is 2. The van der Waals surface area contributed by atoms with E-state index in [-0.39, 0.29) is 17.0 Å². The highest BCUT2D eigenvalue weighted by molar-refractivity contribution is 5.96. The highest BCUT2D eigenvalue weighted by atomic mass is 16.5. The molecule has 1 aromatic rings. The number of nitriles is 1. The Bertz CT molecular complexity index is 851. The number of methoxy groups -OCH3 is 1. The number of hydrogen-bond donors (Lipinski definition) is 1. The van der Waals surface area contributed by atoms with Crippen LogP contribution in [0, 0.1) is 17.2 Å². The van der Waals surface area contributed by atoms with Crippen molar-refractivity contribution in [3.63, 3.8) is 0 Å². The molecule has 1 amide bonds. The maximum absolute atomic E-state index is 13.3. The van der Waals surface area contributed by atoms with E-state index in [4.69, 9.17) is 10.00 Å². The molecule has 1 atom stereocenters. The summed E-state index contributed by atoms with van der Waals surface area (Å²) in [6.07, 6.45) is 7.85. The van der Waals surface area contributed by atoms with Crippen molar-refractivity contribution in [2.24, 2.45) is 5.92 Å². The molecule has 1 heterocycles. The highest BCUT2D eigenvalue weighted by Crippen LogP contribution is 2.21. The number of pyridine rings is 1. The van der Waals surface area contributed by atoms with Gasteiger partial charge >= 0.3 is 5.97 Å². The molecule has 7 nitrogen and oxygen atoms in total. The van der Waals surface area contributed by atoms with Gasteiger partial charge in [0.1, 0.15) is 11.6 Å². The quantitative estimate of drug-likeness (QED) is 0.519. The molecule has 1 N–H and O–H groups in total. The van der Waals surface area contributed by atoms with Crippen molar-refractivity contribution >= 4 is 11.9 Å². The van der Waals surface area contributed by atoms with Crippen molar-refractivity contribution < 1.29 is 14.3 Å². The van der Waals surface area contributed by atoms with E-state index < -0.39 is 17.9 Å². The summed E-state index contributed by atoms with van der Waals surface area (Å²) in [6, 6.07) is 3.04.